The van der Waals surface area contributed by atoms with Crippen molar-refractivity contribution in [2.75, 3.05) is 39.5 Å². The van der Waals surface area contributed by atoms with Crippen LogP contribution in [-0.4, -0.2) is 55.8 Å². The van der Waals surface area contributed by atoms with Crippen molar-refractivity contribution in [3.8, 4) is 5.75 Å². The molecule has 1 fully saturated rings. The molecule has 5 nitrogen and oxygen atoms in total. The summed E-state index contributed by atoms with van der Waals surface area (Å²) < 4.78 is 11.7. The topological polar surface area (TPSA) is 50.8 Å². The zero-order valence-corrected chi connectivity index (χ0v) is 14.7. The van der Waals surface area contributed by atoms with Gasteiger partial charge < -0.3 is 14.8 Å². The number of carbonyl (C=O) groups excluding carboxylic acids is 1. The number of ether oxygens (including phenoxy) is 2. The first-order valence-electron chi connectivity index (χ1n) is 7.46. The highest BCUT2D eigenvalue weighted by Crippen LogP contribution is 2.23. The standard InChI is InChI=1S/C16H23BrN2O3/c1-16(2,19-7-9-21-10-8-19)12-18-15(20)11-22-14-6-4-3-5-13(14)17/h3-6H,7-12H2,1-2H3,(H,18,20). The summed E-state index contributed by atoms with van der Waals surface area (Å²) in [5.74, 6) is 0.558. The Kier molecular flexibility index (Phi) is 6.23. The number of hydrogen-bond donors (Lipinski definition) is 1. The quantitative estimate of drug-likeness (QED) is 0.832. The van der Waals surface area contributed by atoms with Gasteiger partial charge in [0.2, 0.25) is 0 Å². The minimum Gasteiger partial charge on any atom is -0.483 e. The van der Waals surface area contributed by atoms with E-state index < -0.39 is 0 Å². The summed E-state index contributed by atoms with van der Waals surface area (Å²) in [7, 11) is 0. The van der Waals surface area contributed by atoms with Gasteiger partial charge in [-0.2, -0.15) is 0 Å². The van der Waals surface area contributed by atoms with Gasteiger partial charge in [0.25, 0.3) is 5.91 Å². The average molecular weight is 371 g/mol. The van der Waals surface area contributed by atoms with E-state index >= 15 is 0 Å². The molecule has 1 N–H and O–H groups in total. The summed E-state index contributed by atoms with van der Waals surface area (Å²) in [6.07, 6.45) is 0. The second-order valence-corrected chi connectivity index (χ2v) is 6.76. The molecule has 2 rings (SSSR count). The van der Waals surface area contributed by atoms with Crippen LogP contribution >= 0.6 is 15.9 Å². The zero-order chi connectivity index (χ0) is 16.0. The minimum atomic E-state index is -0.114. The van der Waals surface area contributed by atoms with Crippen molar-refractivity contribution < 1.29 is 14.3 Å². The van der Waals surface area contributed by atoms with Gasteiger partial charge in [-0.1, -0.05) is 12.1 Å². The van der Waals surface area contributed by atoms with Crippen LogP contribution in [0.2, 0.25) is 0 Å². The van der Waals surface area contributed by atoms with Crippen LogP contribution < -0.4 is 10.1 Å². The minimum absolute atomic E-state index is 0.0157. The normalized spacial score (nSPS) is 16.3. The van der Waals surface area contributed by atoms with E-state index in [4.69, 9.17) is 9.47 Å². The van der Waals surface area contributed by atoms with Crippen LogP contribution in [0.1, 0.15) is 13.8 Å². The van der Waals surface area contributed by atoms with Crippen molar-refractivity contribution in [3.63, 3.8) is 0 Å². The maximum Gasteiger partial charge on any atom is 0.258 e. The second kappa shape index (κ2) is 7.94. The van der Waals surface area contributed by atoms with E-state index in [-0.39, 0.29) is 18.1 Å². The number of nitrogens with zero attached hydrogens (tertiary/aromatic N) is 1. The van der Waals surface area contributed by atoms with Crippen molar-refractivity contribution in [2.24, 2.45) is 0 Å². The molecule has 1 saturated heterocycles. The lowest BCUT2D eigenvalue weighted by atomic mass is 10.0. The summed E-state index contributed by atoms with van der Waals surface area (Å²) in [5.41, 5.74) is -0.0905. The van der Waals surface area contributed by atoms with E-state index in [1.54, 1.807) is 0 Å². The molecule has 1 aliphatic heterocycles. The number of carbonyl (C=O) groups is 1. The molecule has 0 unspecified atom stereocenters. The van der Waals surface area contributed by atoms with Crippen LogP contribution in [0.3, 0.4) is 0 Å². The van der Waals surface area contributed by atoms with E-state index in [1.807, 2.05) is 24.3 Å². The van der Waals surface area contributed by atoms with Gasteiger partial charge in [0.1, 0.15) is 5.75 Å². The SMILES string of the molecule is CC(C)(CNC(=O)COc1ccccc1Br)N1CCOCC1. The lowest BCUT2D eigenvalue weighted by Gasteiger charge is -2.40. The van der Waals surface area contributed by atoms with Crippen molar-refractivity contribution in [2.45, 2.75) is 19.4 Å². The van der Waals surface area contributed by atoms with E-state index in [2.05, 4.69) is 40.0 Å². The fourth-order valence-electron chi connectivity index (χ4n) is 2.35. The van der Waals surface area contributed by atoms with Crippen LogP contribution in [0.15, 0.2) is 28.7 Å². The van der Waals surface area contributed by atoms with Gasteiger partial charge in [-0.05, 0) is 41.9 Å². The molecule has 0 spiro atoms. The molecule has 0 atom stereocenters. The first kappa shape index (κ1) is 17.2. The molecule has 122 valence electrons. The Labute approximate surface area is 140 Å². The lowest BCUT2D eigenvalue weighted by Crippen LogP contribution is -2.55. The van der Waals surface area contributed by atoms with Gasteiger partial charge in [-0.3, -0.25) is 9.69 Å². The highest BCUT2D eigenvalue weighted by Gasteiger charge is 2.28. The van der Waals surface area contributed by atoms with Crippen molar-refractivity contribution >= 4 is 21.8 Å². The molecule has 0 radical (unpaired) electrons. The third kappa shape index (κ3) is 4.97. The van der Waals surface area contributed by atoms with Gasteiger partial charge in [0.05, 0.1) is 17.7 Å². The largest absolute Gasteiger partial charge is 0.483 e. The predicted octanol–water partition coefficient (Wildman–Crippen LogP) is 2.05. The van der Waals surface area contributed by atoms with Crippen molar-refractivity contribution in [1.29, 1.82) is 0 Å². The number of para-hydroxylation sites is 1. The molecule has 0 aromatic heterocycles. The molecule has 1 aromatic rings. The van der Waals surface area contributed by atoms with Crippen LogP contribution in [0.4, 0.5) is 0 Å². The maximum atomic E-state index is 12.0. The second-order valence-electron chi connectivity index (χ2n) is 5.91. The highest BCUT2D eigenvalue weighted by atomic mass is 79.9. The predicted molar refractivity (Wildman–Crippen MR) is 89.1 cm³/mol. The molecule has 1 aliphatic rings. The van der Waals surface area contributed by atoms with E-state index in [0.29, 0.717) is 12.3 Å². The van der Waals surface area contributed by atoms with Gasteiger partial charge >= 0.3 is 0 Å². The van der Waals surface area contributed by atoms with E-state index in [1.165, 1.54) is 0 Å². The lowest BCUT2D eigenvalue weighted by molar-refractivity contribution is -0.123. The van der Waals surface area contributed by atoms with Crippen LogP contribution in [0.5, 0.6) is 5.75 Å². The summed E-state index contributed by atoms with van der Waals surface area (Å²) >= 11 is 3.39. The Balaban J connectivity index is 1.76. The van der Waals surface area contributed by atoms with E-state index in [0.717, 1.165) is 30.8 Å². The summed E-state index contributed by atoms with van der Waals surface area (Å²) in [6.45, 7) is 8.17. The molecule has 0 aliphatic carbocycles. The fraction of sp³-hybridized carbons (Fsp3) is 0.562. The van der Waals surface area contributed by atoms with E-state index in [9.17, 15) is 4.79 Å². The van der Waals surface area contributed by atoms with Crippen LogP contribution in [0, 0.1) is 0 Å². The Morgan fingerprint density at radius 2 is 2.05 bits per heavy atom. The van der Waals surface area contributed by atoms with Crippen LogP contribution in [0.25, 0.3) is 0 Å². The number of rotatable bonds is 6. The number of nitrogens with one attached hydrogen (secondary N) is 1. The molecule has 22 heavy (non-hydrogen) atoms. The molecule has 1 amide bonds. The first-order valence-corrected chi connectivity index (χ1v) is 8.25. The highest BCUT2D eigenvalue weighted by molar-refractivity contribution is 9.10. The molecular formula is C16H23BrN2O3. The monoisotopic (exact) mass is 370 g/mol. The Hall–Kier alpha value is -1.11. The molecule has 6 heteroatoms. The molecule has 0 saturated carbocycles. The van der Waals surface area contributed by atoms with Crippen molar-refractivity contribution in [3.05, 3.63) is 28.7 Å². The molecule has 1 heterocycles. The first-order chi connectivity index (χ1) is 10.5. The number of morpholine rings is 1. The molecular weight excluding hydrogens is 348 g/mol. The smallest absolute Gasteiger partial charge is 0.258 e. The number of hydrogen-bond acceptors (Lipinski definition) is 4. The number of halogens is 1. The zero-order valence-electron chi connectivity index (χ0n) is 13.1. The van der Waals surface area contributed by atoms with Crippen molar-refractivity contribution in [1.82, 2.24) is 10.2 Å². The third-order valence-electron chi connectivity index (χ3n) is 3.78. The third-order valence-corrected chi connectivity index (χ3v) is 4.44. The molecule has 0 bridgehead atoms. The number of amides is 1. The summed E-state index contributed by atoms with van der Waals surface area (Å²) in [4.78, 5) is 14.3. The fourth-order valence-corrected chi connectivity index (χ4v) is 2.75. The Morgan fingerprint density at radius 1 is 1.36 bits per heavy atom. The Bertz CT molecular complexity index is 502. The van der Waals surface area contributed by atoms with Gasteiger partial charge in [0.15, 0.2) is 6.61 Å². The maximum absolute atomic E-state index is 12.0. The summed E-state index contributed by atoms with van der Waals surface area (Å²) in [5, 5.41) is 2.95. The van der Waals surface area contributed by atoms with Gasteiger partial charge in [-0.25, -0.2) is 0 Å². The number of benzene rings is 1. The summed E-state index contributed by atoms with van der Waals surface area (Å²) in [6, 6.07) is 7.49. The van der Waals surface area contributed by atoms with Crippen LogP contribution in [-0.2, 0) is 9.53 Å². The molecule has 1 aromatic carbocycles. The van der Waals surface area contributed by atoms with Gasteiger partial charge in [0, 0.05) is 25.2 Å². The average Bonchev–Trinajstić information content (AvgIpc) is 2.53. The Morgan fingerprint density at radius 3 is 2.73 bits per heavy atom. The van der Waals surface area contributed by atoms with Gasteiger partial charge in [-0.15, -0.1) is 0 Å².